The molecular formula is C12H13ClN2OS. The lowest BCUT2D eigenvalue weighted by Gasteiger charge is -2.14. The number of thiazole rings is 1. The van der Waals surface area contributed by atoms with Crippen LogP contribution in [0.3, 0.4) is 0 Å². The van der Waals surface area contributed by atoms with Crippen molar-refractivity contribution in [3.05, 3.63) is 45.4 Å². The van der Waals surface area contributed by atoms with Gasteiger partial charge in [-0.25, -0.2) is 4.98 Å². The van der Waals surface area contributed by atoms with E-state index in [-0.39, 0.29) is 12.6 Å². The van der Waals surface area contributed by atoms with Crippen molar-refractivity contribution in [2.75, 3.05) is 5.32 Å². The molecule has 2 N–H and O–H groups in total. The smallest absolute Gasteiger partial charge is 0.115 e. The minimum Gasteiger partial charge on any atom is -0.392 e. The van der Waals surface area contributed by atoms with Crippen molar-refractivity contribution in [1.82, 2.24) is 4.98 Å². The highest BCUT2D eigenvalue weighted by molar-refractivity contribution is 7.09. The molecule has 0 aliphatic heterocycles. The van der Waals surface area contributed by atoms with Crippen LogP contribution < -0.4 is 5.32 Å². The summed E-state index contributed by atoms with van der Waals surface area (Å²) in [4.78, 5) is 4.25. The minimum absolute atomic E-state index is 0.0114. The molecule has 0 fully saturated rings. The fraction of sp³-hybridized carbons (Fsp3) is 0.250. The molecule has 1 unspecified atom stereocenters. The van der Waals surface area contributed by atoms with E-state index in [9.17, 15) is 0 Å². The van der Waals surface area contributed by atoms with E-state index in [4.69, 9.17) is 16.7 Å². The fourth-order valence-corrected chi connectivity index (χ4v) is 2.34. The zero-order valence-corrected chi connectivity index (χ0v) is 10.9. The summed E-state index contributed by atoms with van der Waals surface area (Å²) < 4.78 is 0. The van der Waals surface area contributed by atoms with E-state index in [2.05, 4.69) is 10.3 Å². The van der Waals surface area contributed by atoms with E-state index >= 15 is 0 Å². The molecule has 1 atom stereocenters. The van der Waals surface area contributed by atoms with E-state index in [1.165, 1.54) is 0 Å². The average Bonchev–Trinajstić information content (AvgIpc) is 2.85. The zero-order chi connectivity index (χ0) is 12.3. The van der Waals surface area contributed by atoms with Gasteiger partial charge in [-0.15, -0.1) is 11.3 Å². The Hall–Kier alpha value is -1.10. The summed E-state index contributed by atoms with van der Waals surface area (Å²) in [7, 11) is 0. The lowest BCUT2D eigenvalue weighted by atomic mass is 10.2. The Balaban J connectivity index is 2.18. The van der Waals surface area contributed by atoms with Crippen molar-refractivity contribution in [3.8, 4) is 0 Å². The molecule has 0 amide bonds. The normalized spacial score (nSPS) is 12.4. The van der Waals surface area contributed by atoms with Gasteiger partial charge in [-0.1, -0.05) is 17.7 Å². The van der Waals surface area contributed by atoms with E-state index < -0.39 is 0 Å². The van der Waals surface area contributed by atoms with Gasteiger partial charge >= 0.3 is 0 Å². The third-order valence-electron chi connectivity index (χ3n) is 2.41. The summed E-state index contributed by atoms with van der Waals surface area (Å²) in [5.74, 6) is 0. The van der Waals surface area contributed by atoms with Crippen LogP contribution >= 0.6 is 22.9 Å². The highest BCUT2D eigenvalue weighted by Gasteiger charge is 2.10. The maximum atomic E-state index is 9.09. The van der Waals surface area contributed by atoms with Crippen LogP contribution in [0.2, 0.25) is 5.02 Å². The monoisotopic (exact) mass is 268 g/mol. The number of benzene rings is 1. The minimum atomic E-state index is 0.0114. The lowest BCUT2D eigenvalue weighted by Crippen LogP contribution is -2.06. The Labute approximate surface area is 109 Å². The van der Waals surface area contributed by atoms with Crippen LogP contribution in [0.1, 0.15) is 23.5 Å². The first-order valence-corrected chi connectivity index (χ1v) is 6.51. The second kappa shape index (κ2) is 5.49. The van der Waals surface area contributed by atoms with Crippen LogP contribution in [0.15, 0.2) is 29.8 Å². The molecule has 0 saturated heterocycles. The van der Waals surface area contributed by atoms with E-state index in [1.54, 1.807) is 23.6 Å². The van der Waals surface area contributed by atoms with Gasteiger partial charge in [0.15, 0.2) is 0 Å². The molecule has 1 aromatic carbocycles. The van der Waals surface area contributed by atoms with E-state index in [1.807, 2.05) is 24.4 Å². The first-order chi connectivity index (χ1) is 8.20. The second-order valence-corrected chi connectivity index (χ2v) is 5.04. The highest BCUT2D eigenvalue weighted by Crippen LogP contribution is 2.27. The topological polar surface area (TPSA) is 45.1 Å². The molecule has 0 bridgehead atoms. The second-order valence-electron chi connectivity index (χ2n) is 3.71. The van der Waals surface area contributed by atoms with Crippen LogP contribution in [0, 0.1) is 0 Å². The van der Waals surface area contributed by atoms with Crippen LogP contribution in [0.25, 0.3) is 0 Å². The Morgan fingerprint density at radius 2 is 2.35 bits per heavy atom. The number of nitrogens with zero attached hydrogens (tertiary/aromatic N) is 1. The Bertz CT molecular complexity index is 487. The molecule has 0 radical (unpaired) electrons. The van der Waals surface area contributed by atoms with Gasteiger partial charge in [-0.2, -0.15) is 0 Å². The van der Waals surface area contributed by atoms with Crippen molar-refractivity contribution in [2.24, 2.45) is 0 Å². The molecule has 17 heavy (non-hydrogen) atoms. The summed E-state index contributed by atoms with van der Waals surface area (Å²) in [5, 5.41) is 16.0. The molecule has 2 rings (SSSR count). The van der Waals surface area contributed by atoms with Crippen molar-refractivity contribution >= 4 is 28.6 Å². The maximum absolute atomic E-state index is 9.09. The van der Waals surface area contributed by atoms with E-state index in [0.717, 1.165) is 16.3 Å². The molecular weight excluding hydrogens is 256 g/mol. The van der Waals surface area contributed by atoms with Gasteiger partial charge in [-0.05, 0) is 24.6 Å². The van der Waals surface area contributed by atoms with Gasteiger partial charge in [0.2, 0.25) is 0 Å². The van der Waals surface area contributed by atoms with Crippen molar-refractivity contribution in [2.45, 2.75) is 19.6 Å². The van der Waals surface area contributed by atoms with Gasteiger partial charge in [0.1, 0.15) is 5.01 Å². The number of nitrogens with one attached hydrogen (secondary N) is 1. The standard InChI is InChI=1S/C12H13ClN2OS/c1-8(12-14-4-5-17-12)15-11-6-9(7-16)2-3-10(11)13/h2-6,8,15-16H,7H2,1H3. The fourth-order valence-electron chi connectivity index (χ4n) is 1.52. The zero-order valence-electron chi connectivity index (χ0n) is 9.35. The first kappa shape index (κ1) is 12.4. The third-order valence-corrected chi connectivity index (χ3v) is 3.70. The Morgan fingerprint density at radius 3 is 3.00 bits per heavy atom. The average molecular weight is 269 g/mol. The summed E-state index contributed by atoms with van der Waals surface area (Å²) in [6.45, 7) is 2.04. The number of anilines is 1. The molecule has 1 aromatic heterocycles. The number of halogens is 1. The summed E-state index contributed by atoms with van der Waals surface area (Å²) >= 11 is 7.70. The van der Waals surface area contributed by atoms with Crippen LogP contribution in [-0.4, -0.2) is 10.1 Å². The molecule has 5 heteroatoms. The Kier molecular flexibility index (Phi) is 3.99. The first-order valence-electron chi connectivity index (χ1n) is 5.26. The van der Waals surface area contributed by atoms with Crippen molar-refractivity contribution < 1.29 is 5.11 Å². The molecule has 3 nitrogen and oxygen atoms in total. The largest absolute Gasteiger partial charge is 0.392 e. The lowest BCUT2D eigenvalue weighted by molar-refractivity contribution is 0.282. The van der Waals surface area contributed by atoms with Crippen LogP contribution in [0.5, 0.6) is 0 Å². The molecule has 0 spiro atoms. The third kappa shape index (κ3) is 2.97. The number of aromatic nitrogens is 1. The maximum Gasteiger partial charge on any atom is 0.115 e. The summed E-state index contributed by atoms with van der Waals surface area (Å²) in [5.41, 5.74) is 1.66. The van der Waals surface area contributed by atoms with E-state index in [0.29, 0.717) is 5.02 Å². The van der Waals surface area contributed by atoms with Crippen molar-refractivity contribution in [3.63, 3.8) is 0 Å². The molecule has 0 saturated carbocycles. The number of hydrogen-bond donors (Lipinski definition) is 2. The van der Waals surface area contributed by atoms with Crippen LogP contribution in [-0.2, 0) is 6.61 Å². The number of hydrogen-bond acceptors (Lipinski definition) is 4. The molecule has 0 aliphatic carbocycles. The predicted octanol–water partition coefficient (Wildman–Crippen LogP) is 3.46. The number of aliphatic hydroxyl groups excluding tert-OH is 1. The van der Waals surface area contributed by atoms with Gasteiger partial charge in [0.25, 0.3) is 0 Å². The Morgan fingerprint density at radius 1 is 1.53 bits per heavy atom. The number of aliphatic hydroxyl groups is 1. The van der Waals surface area contributed by atoms with Gasteiger partial charge in [-0.3, -0.25) is 0 Å². The summed E-state index contributed by atoms with van der Waals surface area (Å²) in [6.07, 6.45) is 1.78. The molecule has 90 valence electrons. The highest BCUT2D eigenvalue weighted by atomic mass is 35.5. The SMILES string of the molecule is CC(Nc1cc(CO)ccc1Cl)c1nccs1. The molecule has 2 aromatic rings. The van der Waals surface area contributed by atoms with Gasteiger partial charge in [0, 0.05) is 11.6 Å². The molecule has 1 heterocycles. The molecule has 0 aliphatic rings. The quantitative estimate of drug-likeness (QED) is 0.893. The van der Waals surface area contributed by atoms with Gasteiger partial charge in [0.05, 0.1) is 23.4 Å². The summed E-state index contributed by atoms with van der Waals surface area (Å²) in [6, 6.07) is 5.54. The van der Waals surface area contributed by atoms with Crippen molar-refractivity contribution in [1.29, 1.82) is 0 Å². The predicted molar refractivity (Wildman–Crippen MR) is 71.5 cm³/mol. The number of rotatable bonds is 4. The van der Waals surface area contributed by atoms with Crippen LogP contribution in [0.4, 0.5) is 5.69 Å². The van der Waals surface area contributed by atoms with Gasteiger partial charge < -0.3 is 10.4 Å².